The first-order chi connectivity index (χ1) is 8.06. The number of anilines is 3. The second kappa shape index (κ2) is 4.86. The smallest absolute Gasteiger partial charge is 0.0619 e. The number of aryl methyl sites for hydroxylation is 1. The molecule has 0 aliphatic rings. The molecule has 0 aliphatic carbocycles. The van der Waals surface area contributed by atoms with Gasteiger partial charge in [0.15, 0.2) is 0 Å². The van der Waals surface area contributed by atoms with Crippen LogP contribution in [0, 0.1) is 6.92 Å². The zero-order valence-electron chi connectivity index (χ0n) is 9.30. The Morgan fingerprint density at radius 3 is 2.12 bits per heavy atom. The number of rotatable bonds is 2. The fourth-order valence-electron chi connectivity index (χ4n) is 1.56. The summed E-state index contributed by atoms with van der Waals surface area (Å²) in [7, 11) is 0. The van der Waals surface area contributed by atoms with Crippen LogP contribution in [-0.4, -0.2) is 0 Å². The molecule has 0 aromatic heterocycles. The highest BCUT2D eigenvalue weighted by molar-refractivity contribution is 6.31. The number of nitrogen functional groups attached to an aromatic ring is 1. The van der Waals surface area contributed by atoms with E-state index in [-0.39, 0.29) is 0 Å². The van der Waals surface area contributed by atoms with Gasteiger partial charge >= 0.3 is 0 Å². The van der Waals surface area contributed by atoms with E-state index >= 15 is 0 Å². The van der Waals surface area contributed by atoms with Crippen LogP contribution in [0.5, 0.6) is 0 Å². The fraction of sp³-hybridized carbons (Fsp3) is 0.0769. The van der Waals surface area contributed by atoms with Gasteiger partial charge in [-0.25, -0.2) is 0 Å². The molecule has 0 aliphatic heterocycles. The number of hydrogen-bond acceptors (Lipinski definition) is 2. The highest BCUT2D eigenvalue weighted by Gasteiger charge is 2.03. The highest BCUT2D eigenvalue weighted by atomic mass is 35.5. The van der Waals surface area contributed by atoms with E-state index in [0.29, 0.717) is 10.7 Å². The molecule has 2 aromatic carbocycles. The molecule has 0 spiro atoms. The Kier molecular flexibility index (Phi) is 3.46. The molecule has 0 bridgehead atoms. The van der Waals surface area contributed by atoms with E-state index in [9.17, 15) is 0 Å². The summed E-state index contributed by atoms with van der Waals surface area (Å²) in [6, 6.07) is 11.0. The molecular weight excluding hydrogens is 255 g/mol. The Morgan fingerprint density at radius 2 is 1.53 bits per heavy atom. The van der Waals surface area contributed by atoms with E-state index in [0.717, 1.165) is 22.0 Å². The standard InChI is InChI=1S/C13H12Cl2N2/c1-8-6-9(14)2-4-12(8)17-13-5-3-10(15)7-11(13)16/h2-7,17H,16H2,1H3. The molecule has 2 rings (SSSR count). The van der Waals surface area contributed by atoms with Crippen LogP contribution >= 0.6 is 23.2 Å². The lowest BCUT2D eigenvalue weighted by atomic mass is 10.2. The van der Waals surface area contributed by atoms with Crippen molar-refractivity contribution in [2.45, 2.75) is 6.92 Å². The van der Waals surface area contributed by atoms with Crippen molar-refractivity contribution in [2.75, 3.05) is 11.1 Å². The van der Waals surface area contributed by atoms with Crippen LogP contribution in [0.25, 0.3) is 0 Å². The summed E-state index contributed by atoms with van der Waals surface area (Å²) < 4.78 is 0. The maximum absolute atomic E-state index is 5.90. The monoisotopic (exact) mass is 266 g/mol. The summed E-state index contributed by atoms with van der Waals surface area (Å²) in [4.78, 5) is 0. The molecule has 4 heteroatoms. The van der Waals surface area contributed by atoms with Gasteiger partial charge in [-0.3, -0.25) is 0 Å². The molecule has 2 nitrogen and oxygen atoms in total. The summed E-state index contributed by atoms with van der Waals surface area (Å²) in [6.45, 7) is 1.99. The average Bonchev–Trinajstić information content (AvgIpc) is 2.25. The van der Waals surface area contributed by atoms with Gasteiger partial charge in [0.1, 0.15) is 0 Å². The predicted octanol–water partition coefficient (Wildman–Crippen LogP) is 4.63. The van der Waals surface area contributed by atoms with Crippen molar-refractivity contribution < 1.29 is 0 Å². The van der Waals surface area contributed by atoms with E-state index in [1.807, 2.05) is 31.2 Å². The molecule has 0 atom stereocenters. The minimum Gasteiger partial charge on any atom is -0.397 e. The minimum absolute atomic E-state index is 0.617. The largest absolute Gasteiger partial charge is 0.397 e. The predicted molar refractivity (Wildman–Crippen MR) is 75.3 cm³/mol. The zero-order valence-corrected chi connectivity index (χ0v) is 10.8. The number of benzene rings is 2. The summed E-state index contributed by atoms with van der Waals surface area (Å²) in [5, 5.41) is 4.60. The Bertz CT molecular complexity index is 504. The summed E-state index contributed by atoms with van der Waals surface area (Å²) in [5.74, 6) is 0. The zero-order chi connectivity index (χ0) is 12.4. The van der Waals surface area contributed by atoms with Crippen LogP contribution in [0.2, 0.25) is 10.0 Å². The quantitative estimate of drug-likeness (QED) is 0.778. The second-order valence-corrected chi connectivity index (χ2v) is 4.69. The third-order valence-corrected chi connectivity index (χ3v) is 2.94. The molecule has 0 unspecified atom stereocenters. The Balaban J connectivity index is 2.31. The fourth-order valence-corrected chi connectivity index (χ4v) is 1.97. The van der Waals surface area contributed by atoms with Crippen molar-refractivity contribution in [3.8, 4) is 0 Å². The minimum atomic E-state index is 0.617. The van der Waals surface area contributed by atoms with Crippen molar-refractivity contribution in [3.05, 3.63) is 52.0 Å². The maximum Gasteiger partial charge on any atom is 0.0619 e. The molecule has 3 N–H and O–H groups in total. The molecule has 0 heterocycles. The first-order valence-electron chi connectivity index (χ1n) is 5.14. The van der Waals surface area contributed by atoms with E-state index in [1.165, 1.54) is 0 Å². The summed E-state index contributed by atoms with van der Waals surface area (Å²) in [6.07, 6.45) is 0. The molecule has 2 aromatic rings. The van der Waals surface area contributed by atoms with Gasteiger partial charge in [-0.2, -0.15) is 0 Å². The van der Waals surface area contributed by atoms with Gasteiger partial charge in [0.2, 0.25) is 0 Å². The van der Waals surface area contributed by atoms with Crippen molar-refractivity contribution in [1.29, 1.82) is 0 Å². The van der Waals surface area contributed by atoms with E-state index in [2.05, 4.69) is 5.32 Å². The van der Waals surface area contributed by atoms with Gasteiger partial charge in [0.05, 0.1) is 11.4 Å². The normalized spacial score (nSPS) is 10.3. The number of nitrogens with two attached hydrogens (primary N) is 1. The van der Waals surface area contributed by atoms with Crippen LogP contribution in [-0.2, 0) is 0 Å². The number of nitrogens with one attached hydrogen (secondary N) is 1. The molecule has 0 radical (unpaired) electrons. The SMILES string of the molecule is Cc1cc(Cl)ccc1Nc1ccc(Cl)cc1N. The van der Waals surface area contributed by atoms with Crippen molar-refractivity contribution in [3.63, 3.8) is 0 Å². The second-order valence-electron chi connectivity index (χ2n) is 3.82. The van der Waals surface area contributed by atoms with E-state index in [4.69, 9.17) is 28.9 Å². The van der Waals surface area contributed by atoms with Crippen molar-refractivity contribution in [2.24, 2.45) is 0 Å². The van der Waals surface area contributed by atoms with Gasteiger partial charge < -0.3 is 11.1 Å². The van der Waals surface area contributed by atoms with E-state index < -0.39 is 0 Å². The van der Waals surface area contributed by atoms with Crippen LogP contribution in [0.15, 0.2) is 36.4 Å². The lowest BCUT2D eigenvalue weighted by Gasteiger charge is -2.12. The topological polar surface area (TPSA) is 38.0 Å². The maximum atomic E-state index is 5.90. The molecule has 0 saturated carbocycles. The molecule has 88 valence electrons. The Hall–Kier alpha value is -1.38. The number of halogens is 2. The van der Waals surface area contributed by atoms with Gasteiger partial charge in [0.25, 0.3) is 0 Å². The molecule has 0 fully saturated rings. The average molecular weight is 267 g/mol. The number of hydrogen-bond donors (Lipinski definition) is 2. The Labute approximate surface area is 110 Å². The van der Waals surface area contributed by atoms with Crippen molar-refractivity contribution in [1.82, 2.24) is 0 Å². The lowest BCUT2D eigenvalue weighted by molar-refractivity contribution is 1.43. The lowest BCUT2D eigenvalue weighted by Crippen LogP contribution is -1.97. The highest BCUT2D eigenvalue weighted by Crippen LogP contribution is 2.28. The van der Waals surface area contributed by atoms with E-state index in [1.54, 1.807) is 12.1 Å². The summed E-state index contributed by atoms with van der Waals surface area (Å²) >= 11 is 11.7. The first kappa shape index (κ1) is 12.1. The molecule has 0 amide bonds. The van der Waals surface area contributed by atoms with Gasteiger partial charge in [0, 0.05) is 15.7 Å². The van der Waals surface area contributed by atoms with Crippen LogP contribution in [0.4, 0.5) is 17.1 Å². The van der Waals surface area contributed by atoms with Gasteiger partial charge in [-0.15, -0.1) is 0 Å². The van der Waals surface area contributed by atoms with Crippen LogP contribution in [0.1, 0.15) is 5.56 Å². The molecule has 17 heavy (non-hydrogen) atoms. The Morgan fingerprint density at radius 1 is 0.941 bits per heavy atom. The van der Waals surface area contributed by atoms with Gasteiger partial charge in [-0.05, 0) is 48.9 Å². The van der Waals surface area contributed by atoms with Gasteiger partial charge in [-0.1, -0.05) is 23.2 Å². The van der Waals surface area contributed by atoms with Crippen molar-refractivity contribution >= 4 is 40.3 Å². The third kappa shape index (κ3) is 2.84. The molecular formula is C13H12Cl2N2. The molecule has 0 saturated heterocycles. The van der Waals surface area contributed by atoms with Crippen LogP contribution in [0.3, 0.4) is 0 Å². The third-order valence-electron chi connectivity index (χ3n) is 2.47. The first-order valence-corrected chi connectivity index (χ1v) is 5.90. The summed E-state index contributed by atoms with van der Waals surface area (Å²) in [5.41, 5.74) is 9.36. The van der Waals surface area contributed by atoms with Crippen LogP contribution < -0.4 is 11.1 Å².